The molecule has 3 nitrogen and oxygen atoms in total. The van der Waals surface area contributed by atoms with Gasteiger partial charge in [-0.15, -0.1) is 0 Å². The quantitative estimate of drug-likeness (QED) is 0.746. The molecule has 92 valence electrons. The molecule has 2 rings (SSSR count). The van der Waals surface area contributed by atoms with Gasteiger partial charge in [-0.3, -0.25) is 0 Å². The van der Waals surface area contributed by atoms with Gasteiger partial charge in [0.05, 0.1) is 19.3 Å². The van der Waals surface area contributed by atoms with Crippen LogP contribution >= 0.6 is 0 Å². The molecule has 0 amide bonds. The first-order valence-electron chi connectivity index (χ1n) is 6.32. The second-order valence-corrected chi connectivity index (χ2v) is 5.28. The van der Waals surface area contributed by atoms with E-state index < -0.39 is 5.79 Å². The van der Waals surface area contributed by atoms with Crippen LogP contribution in [0.25, 0.3) is 0 Å². The molecule has 0 radical (unpaired) electrons. The molecule has 0 saturated carbocycles. The number of allylic oxidation sites excluding steroid dienone is 2. The summed E-state index contributed by atoms with van der Waals surface area (Å²) in [4.78, 5) is 0. The number of hydrogen-bond acceptors (Lipinski definition) is 3. The lowest BCUT2D eigenvalue weighted by Crippen LogP contribution is -2.49. The smallest absolute Gasteiger partial charge is 0.162 e. The molecule has 1 unspecified atom stereocenters. The van der Waals surface area contributed by atoms with Crippen molar-refractivity contribution in [2.24, 2.45) is 5.92 Å². The summed E-state index contributed by atoms with van der Waals surface area (Å²) in [5, 5.41) is 3.55. The fourth-order valence-corrected chi connectivity index (χ4v) is 2.19. The first-order chi connectivity index (χ1) is 7.66. The maximum absolute atomic E-state index is 5.62. The molecular weight excluding hydrogens is 202 g/mol. The van der Waals surface area contributed by atoms with E-state index in [1.807, 2.05) is 13.8 Å². The van der Waals surface area contributed by atoms with E-state index in [0.29, 0.717) is 6.04 Å². The highest BCUT2D eigenvalue weighted by Gasteiger charge is 2.28. The van der Waals surface area contributed by atoms with Crippen molar-refractivity contribution in [2.45, 2.75) is 44.9 Å². The molecule has 0 bridgehead atoms. The third-order valence-corrected chi connectivity index (χ3v) is 3.34. The molecule has 1 saturated heterocycles. The Bertz CT molecular complexity index is 240. The van der Waals surface area contributed by atoms with E-state index in [1.165, 1.54) is 19.3 Å². The van der Waals surface area contributed by atoms with Crippen LogP contribution in [0, 0.1) is 5.92 Å². The van der Waals surface area contributed by atoms with E-state index >= 15 is 0 Å². The highest BCUT2D eigenvalue weighted by molar-refractivity contribution is 4.91. The maximum atomic E-state index is 5.62. The molecule has 1 heterocycles. The second kappa shape index (κ2) is 5.30. The van der Waals surface area contributed by atoms with Crippen molar-refractivity contribution in [1.82, 2.24) is 5.32 Å². The zero-order chi connectivity index (χ0) is 11.4. The van der Waals surface area contributed by atoms with Crippen molar-refractivity contribution >= 4 is 0 Å². The first-order valence-corrected chi connectivity index (χ1v) is 6.32. The van der Waals surface area contributed by atoms with E-state index in [9.17, 15) is 0 Å². The minimum absolute atomic E-state index is 0.360. The minimum atomic E-state index is -0.397. The van der Waals surface area contributed by atoms with Crippen molar-refractivity contribution < 1.29 is 9.47 Å². The Morgan fingerprint density at radius 1 is 1.25 bits per heavy atom. The Hall–Kier alpha value is -0.380. The van der Waals surface area contributed by atoms with Gasteiger partial charge in [0.25, 0.3) is 0 Å². The van der Waals surface area contributed by atoms with E-state index in [2.05, 4.69) is 17.5 Å². The average molecular weight is 225 g/mol. The normalized spacial score (nSPS) is 30.5. The third kappa shape index (κ3) is 3.58. The molecule has 0 aromatic heterocycles. The van der Waals surface area contributed by atoms with Gasteiger partial charge in [0.1, 0.15) is 0 Å². The zero-order valence-electron chi connectivity index (χ0n) is 10.4. The molecular formula is C13H23NO2. The molecule has 1 fully saturated rings. The van der Waals surface area contributed by atoms with Gasteiger partial charge < -0.3 is 14.8 Å². The zero-order valence-corrected chi connectivity index (χ0v) is 10.4. The van der Waals surface area contributed by atoms with E-state index in [-0.39, 0.29) is 0 Å². The third-order valence-electron chi connectivity index (χ3n) is 3.34. The van der Waals surface area contributed by atoms with Crippen LogP contribution in [0.5, 0.6) is 0 Å². The van der Waals surface area contributed by atoms with Crippen molar-refractivity contribution in [3.05, 3.63) is 12.2 Å². The van der Waals surface area contributed by atoms with Crippen LogP contribution in [0.4, 0.5) is 0 Å². The van der Waals surface area contributed by atoms with Crippen molar-refractivity contribution in [3.63, 3.8) is 0 Å². The highest BCUT2D eigenvalue weighted by atomic mass is 16.7. The van der Waals surface area contributed by atoms with Gasteiger partial charge in [-0.25, -0.2) is 0 Å². The van der Waals surface area contributed by atoms with E-state index in [1.54, 1.807) is 0 Å². The summed E-state index contributed by atoms with van der Waals surface area (Å²) in [5.41, 5.74) is 0. The first kappa shape index (κ1) is 12.1. The van der Waals surface area contributed by atoms with Crippen LogP contribution in [0.2, 0.25) is 0 Å². The lowest BCUT2D eigenvalue weighted by Gasteiger charge is -2.36. The summed E-state index contributed by atoms with van der Waals surface area (Å²) in [7, 11) is 0. The van der Waals surface area contributed by atoms with Crippen LogP contribution in [-0.4, -0.2) is 31.6 Å². The van der Waals surface area contributed by atoms with Crippen LogP contribution in [0.15, 0.2) is 12.2 Å². The minimum Gasteiger partial charge on any atom is -0.349 e. The van der Waals surface area contributed by atoms with Crippen LogP contribution in [-0.2, 0) is 9.47 Å². The standard InChI is InChI=1S/C13H23NO2/c1-13(2)15-9-12(10-16-13)14-8-11-6-4-3-5-7-11/h3-4,11-12,14H,5-10H2,1-2H3. The SMILES string of the molecule is CC1(C)OCC(NCC2CC=CCC2)CO1. The summed E-state index contributed by atoms with van der Waals surface area (Å²) >= 11 is 0. The maximum Gasteiger partial charge on any atom is 0.162 e. The molecule has 2 aliphatic rings. The van der Waals surface area contributed by atoms with Gasteiger partial charge in [0, 0.05) is 0 Å². The molecule has 1 aliphatic heterocycles. The van der Waals surface area contributed by atoms with Crippen LogP contribution < -0.4 is 5.32 Å². The Morgan fingerprint density at radius 2 is 2.00 bits per heavy atom. The van der Waals surface area contributed by atoms with Crippen molar-refractivity contribution in [3.8, 4) is 0 Å². The highest BCUT2D eigenvalue weighted by Crippen LogP contribution is 2.19. The van der Waals surface area contributed by atoms with Gasteiger partial charge in [-0.05, 0) is 45.6 Å². The van der Waals surface area contributed by atoms with Crippen LogP contribution in [0.1, 0.15) is 33.1 Å². The van der Waals surface area contributed by atoms with Gasteiger partial charge in [-0.2, -0.15) is 0 Å². The van der Waals surface area contributed by atoms with Gasteiger partial charge >= 0.3 is 0 Å². The summed E-state index contributed by atoms with van der Waals surface area (Å²) in [5.74, 6) is 0.395. The van der Waals surface area contributed by atoms with Crippen molar-refractivity contribution in [1.29, 1.82) is 0 Å². The Balaban J connectivity index is 1.65. The molecule has 1 aliphatic carbocycles. The Labute approximate surface area is 98.2 Å². The van der Waals surface area contributed by atoms with E-state index in [4.69, 9.17) is 9.47 Å². The predicted octanol–water partition coefficient (Wildman–Crippen LogP) is 2.08. The topological polar surface area (TPSA) is 30.5 Å². The molecule has 16 heavy (non-hydrogen) atoms. The predicted molar refractivity (Wildman–Crippen MR) is 64.3 cm³/mol. The fourth-order valence-electron chi connectivity index (χ4n) is 2.19. The fraction of sp³-hybridized carbons (Fsp3) is 0.846. The molecule has 0 aromatic rings. The van der Waals surface area contributed by atoms with Gasteiger partial charge in [0.15, 0.2) is 5.79 Å². The monoisotopic (exact) mass is 225 g/mol. The molecule has 1 N–H and O–H groups in total. The number of rotatable bonds is 3. The second-order valence-electron chi connectivity index (χ2n) is 5.28. The molecule has 1 atom stereocenters. The van der Waals surface area contributed by atoms with Gasteiger partial charge in [0.2, 0.25) is 0 Å². The number of ether oxygens (including phenoxy) is 2. The van der Waals surface area contributed by atoms with Gasteiger partial charge in [-0.1, -0.05) is 12.2 Å². The summed E-state index contributed by atoms with van der Waals surface area (Å²) < 4.78 is 11.2. The van der Waals surface area contributed by atoms with Crippen molar-refractivity contribution in [2.75, 3.05) is 19.8 Å². The number of hydrogen-bond donors (Lipinski definition) is 1. The largest absolute Gasteiger partial charge is 0.349 e. The summed E-state index contributed by atoms with van der Waals surface area (Å²) in [6.07, 6.45) is 8.34. The number of nitrogens with one attached hydrogen (secondary N) is 1. The Morgan fingerprint density at radius 3 is 2.62 bits per heavy atom. The Kier molecular flexibility index (Phi) is 4.00. The molecule has 3 heteroatoms. The summed E-state index contributed by atoms with van der Waals surface area (Å²) in [6.45, 7) is 6.54. The lowest BCUT2D eigenvalue weighted by molar-refractivity contribution is -0.253. The molecule has 0 aromatic carbocycles. The lowest BCUT2D eigenvalue weighted by atomic mass is 9.94. The summed E-state index contributed by atoms with van der Waals surface area (Å²) in [6, 6.07) is 0.360. The molecule has 0 spiro atoms. The van der Waals surface area contributed by atoms with E-state index in [0.717, 1.165) is 25.7 Å². The average Bonchev–Trinajstić information content (AvgIpc) is 2.29. The van der Waals surface area contributed by atoms with Crippen LogP contribution in [0.3, 0.4) is 0 Å².